The molecule has 1 spiro atoms. The topological polar surface area (TPSA) is 3.24 Å². The number of quaternary nitrogens is 1. The minimum Gasteiger partial charge on any atom is -0.326 e. The molecule has 1 aliphatic carbocycles. The first-order valence-corrected chi connectivity index (χ1v) is 4.57. The summed E-state index contributed by atoms with van der Waals surface area (Å²) in [6, 6.07) is 0. The smallest absolute Gasteiger partial charge is 0.0969 e. The van der Waals surface area contributed by atoms with E-state index in [0.717, 1.165) is 0 Å². The van der Waals surface area contributed by atoms with Crippen LogP contribution in [0.2, 0.25) is 0 Å². The molecule has 0 aromatic rings. The largest absolute Gasteiger partial charge is 0.326 e. The van der Waals surface area contributed by atoms with Crippen molar-refractivity contribution in [1.29, 1.82) is 0 Å². The lowest BCUT2D eigenvalue weighted by Crippen LogP contribution is -2.60. The first kappa shape index (κ1) is 7.56. The molecule has 0 bridgehead atoms. The molecule has 0 amide bonds. The molecule has 0 N–H and O–H groups in total. The maximum absolute atomic E-state index is 2.57. The summed E-state index contributed by atoms with van der Waals surface area (Å²) in [5.74, 6) is 0. The van der Waals surface area contributed by atoms with Crippen molar-refractivity contribution in [3.63, 3.8) is 0 Å². The highest BCUT2D eigenvalue weighted by Crippen LogP contribution is 2.44. The quantitative estimate of drug-likeness (QED) is 0.462. The lowest BCUT2D eigenvalue weighted by molar-refractivity contribution is -0.899. The van der Waals surface area contributed by atoms with Gasteiger partial charge < -0.3 is 4.48 Å². The van der Waals surface area contributed by atoms with E-state index in [9.17, 15) is 0 Å². The van der Waals surface area contributed by atoms with Gasteiger partial charge >= 0.3 is 0 Å². The van der Waals surface area contributed by atoms with E-state index in [1.165, 1.54) is 37.0 Å². The molecule has 64 valence electrons. The maximum atomic E-state index is 2.57. The zero-order chi connectivity index (χ0) is 8.11. The molecule has 2 rings (SSSR count). The fraction of sp³-hybridized carbons (Fsp3) is 1.00. The van der Waals surface area contributed by atoms with Crippen molar-refractivity contribution in [1.82, 2.24) is 4.90 Å². The summed E-state index contributed by atoms with van der Waals surface area (Å²) in [5, 5.41) is 0. The molecule has 0 unspecified atom stereocenters. The number of nitrogens with zero attached hydrogens (tertiary/aromatic N) is 2. The van der Waals surface area contributed by atoms with E-state index < -0.39 is 0 Å². The number of likely N-dealkylation sites (N-methyl/N-ethyl adjacent to an activating group) is 2. The van der Waals surface area contributed by atoms with Crippen molar-refractivity contribution in [3.8, 4) is 0 Å². The van der Waals surface area contributed by atoms with Gasteiger partial charge in [-0.3, -0.25) is 4.90 Å². The Hall–Kier alpha value is -0.0800. The van der Waals surface area contributed by atoms with Gasteiger partial charge in [0.15, 0.2) is 0 Å². The Morgan fingerprint density at radius 2 is 1.91 bits per heavy atom. The van der Waals surface area contributed by atoms with E-state index in [-0.39, 0.29) is 0 Å². The molecule has 0 radical (unpaired) electrons. The molecule has 2 nitrogen and oxygen atoms in total. The van der Waals surface area contributed by atoms with E-state index in [2.05, 4.69) is 26.0 Å². The van der Waals surface area contributed by atoms with Crippen LogP contribution in [-0.2, 0) is 0 Å². The van der Waals surface area contributed by atoms with E-state index in [1.807, 2.05) is 0 Å². The van der Waals surface area contributed by atoms with E-state index in [1.54, 1.807) is 0 Å². The molecule has 1 aliphatic heterocycles. The van der Waals surface area contributed by atoms with Crippen LogP contribution in [0.4, 0.5) is 0 Å². The third-order valence-electron chi connectivity index (χ3n) is 3.40. The second kappa shape index (κ2) is 1.99. The minimum atomic E-state index is 0.627. The summed E-state index contributed by atoms with van der Waals surface area (Å²) in [4.78, 5) is 2.57. The number of piperazine rings is 1. The van der Waals surface area contributed by atoms with Crippen molar-refractivity contribution in [3.05, 3.63) is 0 Å². The van der Waals surface area contributed by atoms with Crippen LogP contribution in [0.1, 0.15) is 12.8 Å². The summed E-state index contributed by atoms with van der Waals surface area (Å²) >= 11 is 0. The van der Waals surface area contributed by atoms with Gasteiger partial charge in [-0.1, -0.05) is 0 Å². The zero-order valence-corrected chi connectivity index (χ0v) is 7.93. The Kier molecular flexibility index (Phi) is 1.37. The van der Waals surface area contributed by atoms with Gasteiger partial charge in [0.05, 0.1) is 32.7 Å². The van der Waals surface area contributed by atoms with Crippen LogP contribution < -0.4 is 0 Å². The minimum absolute atomic E-state index is 0.627. The van der Waals surface area contributed by atoms with E-state index in [0.29, 0.717) is 5.54 Å². The normalized spacial score (nSPS) is 34.1. The molecule has 0 aromatic heterocycles. The fourth-order valence-corrected chi connectivity index (χ4v) is 2.34. The maximum Gasteiger partial charge on any atom is 0.0969 e. The second-order valence-electron chi connectivity index (χ2n) is 4.96. The van der Waals surface area contributed by atoms with Crippen LogP contribution in [0.5, 0.6) is 0 Å². The monoisotopic (exact) mass is 155 g/mol. The van der Waals surface area contributed by atoms with E-state index in [4.69, 9.17) is 0 Å². The van der Waals surface area contributed by atoms with Crippen LogP contribution in [0.25, 0.3) is 0 Å². The van der Waals surface area contributed by atoms with Gasteiger partial charge in [0.2, 0.25) is 0 Å². The van der Waals surface area contributed by atoms with Gasteiger partial charge in [0.25, 0.3) is 0 Å². The standard InChI is InChI=1S/C9H19N2/c1-10-6-7-11(2,3)8-9(10)4-5-9/h4-8H2,1-3H3/q+1. The zero-order valence-electron chi connectivity index (χ0n) is 7.93. The molecule has 2 aliphatic rings. The Morgan fingerprint density at radius 1 is 1.27 bits per heavy atom. The van der Waals surface area contributed by atoms with Crippen molar-refractivity contribution >= 4 is 0 Å². The van der Waals surface area contributed by atoms with Crippen LogP contribution in [0.15, 0.2) is 0 Å². The third kappa shape index (κ3) is 1.18. The van der Waals surface area contributed by atoms with Crippen LogP contribution in [0, 0.1) is 0 Å². The van der Waals surface area contributed by atoms with Crippen molar-refractivity contribution < 1.29 is 4.48 Å². The van der Waals surface area contributed by atoms with Crippen LogP contribution in [0.3, 0.4) is 0 Å². The number of hydrogen-bond donors (Lipinski definition) is 0. The van der Waals surface area contributed by atoms with Crippen LogP contribution >= 0.6 is 0 Å². The first-order valence-electron chi connectivity index (χ1n) is 4.57. The van der Waals surface area contributed by atoms with Gasteiger partial charge in [0.1, 0.15) is 0 Å². The summed E-state index contributed by atoms with van der Waals surface area (Å²) in [6.45, 7) is 3.97. The average Bonchev–Trinajstić information content (AvgIpc) is 2.61. The third-order valence-corrected chi connectivity index (χ3v) is 3.40. The lowest BCUT2D eigenvalue weighted by Gasteiger charge is -2.43. The highest BCUT2D eigenvalue weighted by atomic mass is 15.4. The average molecular weight is 155 g/mol. The lowest BCUT2D eigenvalue weighted by atomic mass is 10.1. The molecule has 0 atom stereocenters. The molecule has 2 fully saturated rings. The molecule has 1 saturated carbocycles. The van der Waals surface area contributed by atoms with Crippen molar-refractivity contribution in [2.45, 2.75) is 18.4 Å². The Balaban J connectivity index is 2.10. The van der Waals surface area contributed by atoms with Crippen molar-refractivity contribution in [2.75, 3.05) is 40.8 Å². The SMILES string of the molecule is CN1CC[N+](C)(C)CC12CC2. The van der Waals surface area contributed by atoms with Gasteiger partial charge in [-0.25, -0.2) is 0 Å². The summed E-state index contributed by atoms with van der Waals surface area (Å²) in [5.41, 5.74) is 0.627. The predicted octanol–water partition coefficient (Wildman–Crippen LogP) is 0.541. The number of hydrogen-bond acceptors (Lipinski definition) is 1. The highest BCUT2D eigenvalue weighted by molar-refractivity contribution is 5.04. The van der Waals surface area contributed by atoms with Gasteiger partial charge in [0, 0.05) is 6.54 Å². The van der Waals surface area contributed by atoms with Gasteiger partial charge in [-0.05, 0) is 19.9 Å². The molecule has 2 heteroatoms. The van der Waals surface area contributed by atoms with Gasteiger partial charge in [-0.2, -0.15) is 0 Å². The number of rotatable bonds is 0. The first-order chi connectivity index (χ1) is 5.04. The van der Waals surface area contributed by atoms with E-state index >= 15 is 0 Å². The molecular formula is C9H19N2+. The Bertz CT molecular complexity index is 170. The fourth-order valence-electron chi connectivity index (χ4n) is 2.34. The Morgan fingerprint density at radius 3 is 2.36 bits per heavy atom. The summed E-state index contributed by atoms with van der Waals surface area (Å²) in [6.07, 6.45) is 2.87. The van der Waals surface area contributed by atoms with Crippen LogP contribution in [-0.4, -0.2) is 55.7 Å². The molecule has 0 aromatic carbocycles. The molecule has 1 saturated heterocycles. The highest BCUT2D eigenvalue weighted by Gasteiger charge is 2.53. The Labute approximate surface area is 69.4 Å². The van der Waals surface area contributed by atoms with Gasteiger partial charge in [-0.15, -0.1) is 0 Å². The molecular weight excluding hydrogens is 136 g/mol. The second-order valence-corrected chi connectivity index (χ2v) is 4.96. The van der Waals surface area contributed by atoms with Crippen molar-refractivity contribution in [2.24, 2.45) is 0 Å². The summed E-state index contributed by atoms with van der Waals surface area (Å²) in [7, 11) is 6.99. The molecule has 1 heterocycles. The predicted molar refractivity (Wildman–Crippen MR) is 46.4 cm³/mol. The summed E-state index contributed by atoms with van der Waals surface area (Å²) < 4.78 is 1.23. The molecule has 11 heavy (non-hydrogen) atoms.